The van der Waals surface area contributed by atoms with E-state index in [1.54, 1.807) is 18.2 Å². The Kier molecular flexibility index (Phi) is 3.10. The highest BCUT2D eigenvalue weighted by Crippen LogP contribution is 2.20. The largest absolute Gasteiger partial charge is 0.481 e. The number of fused-ring (bicyclic) bond motifs is 1. The number of aryl methyl sites for hydroxylation is 1. The summed E-state index contributed by atoms with van der Waals surface area (Å²) in [4.78, 5) is 14.6. The summed E-state index contributed by atoms with van der Waals surface area (Å²) in [6.45, 7) is 0. The molecule has 0 spiro atoms. The van der Waals surface area contributed by atoms with Gasteiger partial charge in [-0.3, -0.25) is 4.79 Å². The molecule has 0 aliphatic carbocycles. The third kappa shape index (κ3) is 2.52. The quantitative estimate of drug-likeness (QED) is 0.891. The van der Waals surface area contributed by atoms with E-state index in [1.807, 2.05) is 0 Å². The van der Waals surface area contributed by atoms with Crippen molar-refractivity contribution < 1.29 is 14.3 Å². The fourth-order valence-corrected chi connectivity index (χ4v) is 1.61. The molecule has 0 aliphatic heterocycles. The standard InChI is InChI=1S/C11H10ClNO3/c12-7-4-5-8-9(6-7)16-10(13-8)2-1-3-11(14)15/h4-6H,1-3H2,(H,14,15). The Morgan fingerprint density at radius 3 is 3.06 bits per heavy atom. The number of carboxylic acids is 1. The monoisotopic (exact) mass is 239 g/mol. The number of oxazole rings is 1. The van der Waals surface area contributed by atoms with Crippen molar-refractivity contribution in [1.29, 1.82) is 0 Å². The molecule has 1 aromatic heterocycles. The maximum atomic E-state index is 10.3. The lowest BCUT2D eigenvalue weighted by Gasteiger charge is -1.91. The molecule has 5 heteroatoms. The van der Waals surface area contributed by atoms with Crippen molar-refractivity contribution in [3.63, 3.8) is 0 Å². The van der Waals surface area contributed by atoms with Crippen LogP contribution in [0.15, 0.2) is 22.6 Å². The van der Waals surface area contributed by atoms with E-state index in [0.717, 1.165) is 5.52 Å². The Bertz CT molecular complexity index is 521. The molecule has 1 aromatic carbocycles. The predicted octanol–water partition coefficient (Wildman–Crippen LogP) is 2.89. The Balaban J connectivity index is 2.10. The average molecular weight is 240 g/mol. The summed E-state index contributed by atoms with van der Waals surface area (Å²) in [6, 6.07) is 5.22. The number of benzene rings is 1. The number of halogens is 1. The van der Waals surface area contributed by atoms with Gasteiger partial charge in [-0.15, -0.1) is 0 Å². The van der Waals surface area contributed by atoms with Crippen LogP contribution in [-0.4, -0.2) is 16.1 Å². The van der Waals surface area contributed by atoms with E-state index in [1.165, 1.54) is 0 Å². The van der Waals surface area contributed by atoms with Crippen LogP contribution in [0.3, 0.4) is 0 Å². The number of rotatable bonds is 4. The third-order valence-electron chi connectivity index (χ3n) is 2.18. The van der Waals surface area contributed by atoms with Gasteiger partial charge in [0.25, 0.3) is 0 Å². The molecule has 0 amide bonds. The predicted molar refractivity (Wildman–Crippen MR) is 59.6 cm³/mol. The minimum atomic E-state index is -0.806. The number of aliphatic carboxylic acids is 1. The molecule has 0 unspecified atom stereocenters. The van der Waals surface area contributed by atoms with Crippen molar-refractivity contribution in [2.75, 3.05) is 0 Å². The van der Waals surface area contributed by atoms with Gasteiger partial charge in [0.2, 0.25) is 0 Å². The van der Waals surface area contributed by atoms with Crippen LogP contribution in [0.5, 0.6) is 0 Å². The molecule has 2 rings (SSSR count). The lowest BCUT2D eigenvalue weighted by atomic mass is 10.2. The van der Waals surface area contributed by atoms with E-state index >= 15 is 0 Å². The minimum absolute atomic E-state index is 0.124. The second-order valence-corrected chi connectivity index (χ2v) is 3.90. The van der Waals surface area contributed by atoms with Gasteiger partial charge < -0.3 is 9.52 Å². The number of carboxylic acid groups (broad SMARTS) is 1. The maximum Gasteiger partial charge on any atom is 0.303 e. The highest BCUT2D eigenvalue weighted by atomic mass is 35.5. The summed E-state index contributed by atoms with van der Waals surface area (Å²) < 4.78 is 5.44. The first-order valence-electron chi connectivity index (χ1n) is 4.92. The van der Waals surface area contributed by atoms with Crippen LogP contribution >= 0.6 is 11.6 Å². The molecule has 0 fully saturated rings. The first kappa shape index (κ1) is 11.0. The van der Waals surface area contributed by atoms with Gasteiger partial charge in [0, 0.05) is 23.9 Å². The minimum Gasteiger partial charge on any atom is -0.481 e. The number of aromatic nitrogens is 1. The Morgan fingerprint density at radius 1 is 1.50 bits per heavy atom. The van der Waals surface area contributed by atoms with E-state index < -0.39 is 5.97 Å². The lowest BCUT2D eigenvalue weighted by Crippen LogP contribution is -1.95. The maximum absolute atomic E-state index is 10.3. The van der Waals surface area contributed by atoms with E-state index in [2.05, 4.69) is 4.98 Å². The van der Waals surface area contributed by atoms with Gasteiger partial charge in [-0.05, 0) is 18.6 Å². The van der Waals surface area contributed by atoms with Gasteiger partial charge >= 0.3 is 5.97 Å². The molecular formula is C11H10ClNO3. The van der Waals surface area contributed by atoms with Crippen LogP contribution in [0.2, 0.25) is 5.02 Å². The zero-order valence-corrected chi connectivity index (χ0v) is 9.20. The zero-order valence-electron chi connectivity index (χ0n) is 8.44. The van der Waals surface area contributed by atoms with E-state index in [9.17, 15) is 4.79 Å². The molecule has 0 radical (unpaired) electrons. The van der Waals surface area contributed by atoms with Crippen molar-refractivity contribution >= 4 is 28.7 Å². The van der Waals surface area contributed by atoms with Crippen molar-refractivity contribution in [3.8, 4) is 0 Å². The summed E-state index contributed by atoms with van der Waals surface area (Å²) in [5.41, 5.74) is 1.38. The molecule has 0 aliphatic rings. The lowest BCUT2D eigenvalue weighted by molar-refractivity contribution is -0.137. The Labute approximate surface area is 96.8 Å². The first-order chi connectivity index (χ1) is 7.65. The third-order valence-corrected chi connectivity index (χ3v) is 2.41. The van der Waals surface area contributed by atoms with Crippen molar-refractivity contribution in [2.24, 2.45) is 0 Å². The van der Waals surface area contributed by atoms with Gasteiger partial charge in [-0.25, -0.2) is 4.98 Å². The Morgan fingerprint density at radius 2 is 2.31 bits per heavy atom. The molecule has 1 heterocycles. The number of hydrogen-bond acceptors (Lipinski definition) is 3. The van der Waals surface area contributed by atoms with E-state index in [4.69, 9.17) is 21.1 Å². The summed E-state index contributed by atoms with van der Waals surface area (Å²) in [6.07, 6.45) is 1.17. The smallest absolute Gasteiger partial charge is 0.303 e. The van der Waals surface area contributed by atoms with Crippen LogP contribution < -0.4 is 0 Å². The van der Waals surface area contributed by atoms with Crippen LogP contribution in [0, 0.1) is 0 Å². The molecular weight excluding hydrogens is 230 g/mol. The molecule has 4 nitrogen and oxygen atoms in total. The Hall–Kier alpha value is -1.55. The van der Waals surface area contributed by atoms with Gasteiger partial charge in [0.05, 0.1) is 0 Å². The van der Waals surface area contributed by atoms with Gasteiger partial charge in [0.1, 0.15) is 5.52 Å². The number of hydrogen-bond donors (Lipinski definition) is 1. The number of carbonyl (C=O) groups is 1. The van der Waals surface area contributed by atoms with E-state index in [0.29, 0.717) is 29.3 Å². The van der Waals surface area contributed by atoms with E-state index in [-0.39, 0.29) is 6.42 Å². The molecule has 0 bridgehead atoms. The molecule has 16 heavy (non-hydrogen) atoms. The van der Waals surface area contributed by atoms with Crippen LogP contribution in [-0.2, 0) is 11.2 Å². The highest BCUT2D eigenvalue weighted by molar-refractivity contribution is 6.31. The van der Waals surface area contributed by atoms with Gasteiger partial charge in [-0.1, -0.05) is 11.6 Å². The zero-order chi connectivity index (χ0) is 11.5. The SMILES string of the molecule is O=C(O)CCCc1nc2ccc(Cl)cc2o1. The second kappa shape index (κ2) is 4.53. The van der Waals surface area contributed by atoms with Gasteiger partial charge in [-0.2, -0.15) is 0 Å². The van der Waals surface area contributed by atoms with Crippen molar-refractivity contribution in [3.05, 3.63) is 29.1 Å². The fraction of sp³-hybridized carbons (Fsp3) is 0.273. The van der Waals surface area contributed by atoms with Crippen molar-refractivity contribution in [1.82, 2.24) is 4.98 Å². The van der Waals surface area contributed by atoms with Crippen LogP contribution in [0.1, 0.15) is 18.7 Å². The summed E-state index contributed by atoms with van der Waals surface area (Å²) in [5.74, 6) is -0.252. The summed E-state index contributed by atoms with van der Waals surface area (Å²) in [7, 11) is 0. The first-order valence-corrected chi connectivity index (χ1v) is 5.30. The van der Waals surface area contributed by atoms with Gasteiger partial charge in [0.15, 0.2) is 11.5 Å². The molecule has 1 N–H and O–H groups in total. The topological polar surface area (TPSA) is 63.3 Å². The number of nitrogens with zero attached hydrogens (tertiary/aromatic N) is 1. The molecule has 0 saturated carbocycles. The van der Waals surface area contributed by atoms with Crippen molar-refractivity contribution in [2.45, 2.75) is 19.3 Å². The fourth-order valence-electron chi connectivity index (χ4n) is 1.44. The average Bonchev–Trinajstić information content (AvgIpc) is 2.58. The summed E-state index contributed by atoms with van der Waals surface area (Å²) >= 11 is 5.81. The van der Waals surface area contributed by atoms with Crippen LogP contribution in [0.25, 0.3) is 11.1 Å². The normalized spacial score (nSPS) is 10.8. The molecule has 0 saturated heterocycles. The summed E-state index contributed by atoms with van der Waals surface area (Å²) in [5, 5.41) is 9.10. The highest BCUT2D eigenvalue weighted by Gasteiger charge is 2.06. The molecule has 0 atom stereocenters. The van der Waals surface area contributed by atoms with Crippen LogP contribution in [0.4, 0.5) is 0 Å². The molecule has 2 aromatic rings. The second-order valence-electron chi connectivity index (χ2n) is 3.47. The molecule has 84 valence electrons.